The quantitative estimate of drug-likeness (QED) is 0.355. The first kappa shape index (κ1) is 19.4. The predicted molar refractivity (Wildman–Crippen MR) is 114 cm³/mol. The average molecular weight is 399 g/mol. The standard InChI is InChI=1S/C24H21N3O3/c1-17(28)19-13-22(26(2)14-19)24(29)30-16-20-15-27(21-11-7-4-8-12-21)25-23(20)18-9-5-3-6-10-18/h3-15H,16H2,1-2H3. The first-order valence-corrected chi connectivity index (χ1v) is 9.57. The van der Waals surface area contributed by atoms with Gasteiger partial charge in [0.2, 0.25) is 0 Å². The Bertz CT molecular complexity index is 1190. The molecule has 4 aromatic rings. The maximum absolute atomic E-state index is 12.6. The van der Waals surface area contributed by atoms with Crippen molar-refractivity contribution in [2.75, 3.05) is 0 Å². The second kappa shape index (κ2) is 8.21. The number of para-hydroxylation sites is 1. The number of aryl methyl sites for hydroxylation is 1. The van der Waals surface area contributed by atoms with Crippen LogP contribution in [0, 0.1) is 0 Å². The van der Waals surface area contributed by atoms with Gasteiger partial charge in [0.15, 0.2) is 5.78 Å². The topological polar surface area (TPSA) is 66.1 Å². The van der Waals surface area contributed by atoms with Gasteiger partial charge in [0.25, 0.3) is 0 Å². The molecular weight excluding hydrogens is 378 g/mol. The minimum atomic E-state index is -0.489. The summed E-state index contributed by atoms with van der Waals surface area (Å²) in [5.41, 5.74) is 4.21. The molecule has 2 aromatic heterocycles. The summed E-state index contributed by atoms with van der Waals surface area (Å²) in [5, 5.41) is 4.72. The summed E-state index contributed by atoms with van der Waals surface area (Å²) in [4.78, 5) is 24.2. The molecule has 0 amide bonds. The molecule has 0 saturated carbocycles. The summed E-state index contributed by atoms with van der Waals surface area (Å²) >= 11 is 0. The van der Waals surface area contributed by atoms with Crippen molar-refractivity contribution in [3.05, 3.63) is 95.9 Å². The van der Waals surface area contributed by atoms with E-state index in [1.165, 1.54) is 6.92 Å². The molecular formula is C24H21N3O3. The lowest BCUT2D eigenvalue weighted by atomic mass is 10.1. The van der Waals surface area contributed by atoms with Crippen molar-refractivity contribution in [3.8, 4) is 16.9 Å². The number of benzene rings is 2. The highest BCUT2D eigenvalue weighted by molar-refractivity contribution is 5.97. The number of rotatable bonds is 6. The van der Waals surface area contributed by atoms with Gasteiger partial charge in [-0.25, -0.2) is 9.48 Å². The smallest absolute Gasteiger partial charge is 0.355 e. The van der Waals surface area contributed by atoms with Crippen LogP contribution in [0.25, 0.3) is 16.9 Å². The summed E-state index contributed by atoms with van der Waals surface area (Å²) < 4.78 is 8.96. The van der Waals surface area contributed by atoms with E-state index in [9.17, 15) is 9.59 Å². The molecule has 0 radical (unpaired) electrons. The third kappa shape index (κ3) is 3.93. The van der Waals surface area contributed by atoms with Crippen molar-refractivity contribution in [1.82, 2.24) is 14.3 Å². The Morgan fingerprint density at radius 1 is 0.967 bits per heavy atom. The average Bonchev–Trinajstić information content (AvgIpc) is 3.37. The van der Waals surface area contributed by atoms with E-state index >= 15 is 0 Å². The van der Waals surface area contributed by atoms with Gasteiger partial charge in [-0.1, -0.05) is 48.5 Å². The third-order valence-corrected chi connectivity index (χ3v) is 4.84. The van der Waals surface area contributed by atoms with Crippen molar-refractivity contribution in [1.29, 1.82) is 0 Å². The number of ether oxygens (including phenoxy) is 1. The van der Waals surface area contributed by atoms with Crippen molar-refractivity contribution < 1.29 is 14.3 Å². The number of esters is 1. The Morgan fingerprint density at radius 2 is 1.63 bits per heavy atom. The van der Waals surface area contributed by atoms with Crippen LogP contribution < -0.4 is 0 Å². The SMILES string of the molecule is CC(=O)c1cc(C(=O)OCc2cn(-c3ccccc3)nc2-c2ccccc2)n(C)c1. The predicted octanol–water partition coefficient (Wildman–Crippen LogP) is 4.44. The zero-order valence-electron chi connectivity index (χ0n) is 16.8. The highest BCUT2D eigenvalue weighted by Gasteiger charge is 2.18. The lowest BCUT2D eigenvalue weighted by Gasteiger charge is -2.06. The van der Waals surface area contributed by atoms with E-state index in [0.29, 0.717) is 11.3 Å². The number of hydrogen-bond donors (Lipinski definition) is 0. The monoisotopic (exact) mass is 399 g/mol. The Kier molecular flexibility index (Phi) is 5.30. The van der Waals surface area contributed by atoms with Crippen LogP contribution in [0.5, 0.6) is 0 Å². The van der Waals surface area contributed by atoms with Crippen molar-refractivity contribution in [2.24, 2.45) is 7.05 Å². The van der Waals surface area contributed by atoms with Crippen LogP contribution in [-0.2, 0) is 18.4 Å². The molecule has 6 heteroatoms. The molecule has 0 aliphatic heterocycles. The molecule has 6 nitrogen and oxygen atoms in total. The Hall–Kier alpha value is -3.93. The first-order valence-electron chi connectivity index (χ1n) is 9.57. The number of hydrogen-bond acceptors (Lipinski definition) is 4. The Morgan fingerprint density at radius 3 is 2.27 bits per heavy atom. The van der Waals surface area contributed by atoms with Gasteiger partial charge in [-0.3, -0.25) is 4.79 Å². The lowest BCUT2D eigenvalue weighted by molar-refractivity contribution is 0.0462. The third-order valence-electron chi connectivity index (χ3n) is 4.84. The molecule has 0 saturated heterocycles. The minimum absolute atomic E-state index is 0.0660. The highest BCUT2D eigenvalue weighted by Crippen LogP contribution is 2.24. The van der Waals surface area contributed by atoms with Crippen molar-refractivity contribution >= 4 is 11.8 Å². The maximum atomic E-state index is 12.6. The molecule has 0 unspecified atom stereocenters. The minimum Gasteiger partial charge on any atom is -0.456 e. The zero-order chi connectivity index (χ0) is 21.1. The van der Waals surface area contributed by atoms with E-state index in [2.05, 4.69) is 0 Å². The second-order valence-electron chi connectivity index (χ2n) is 7.01. The van der Waals surface area contributed by atoms with Crippen molar-refractivity contribution in [3.63, 3.8) is 0 Å². The van der Waals surface area contributed by atoms with Gasteiger partial charge in [-0.2, -0.15) is 5.10 Å². The number of carbonyl (C=O) groups is 2. The van der Waals surface area contributed by atoms with Crippen LogP contribution in [0.4, 0.5) is 0 Å². The number of carbonyl (C=O) groups excluding carboxylic acids is 2. The molecule has 2 heterocycles. The van der Waals surface area contributed by atoms with Crippen molar-refractivity contribution in [2.45, 2.75) is 13.5 Å². The first-order chi connectivity index (χ1) is 14.5. The van der Waals surface area contributed by atoms with Crippen LogP contribution in [0.2, 0.25) is 0 Å². The van der Waals surface area contributed by atoms with E-state index < -0.39 is 5.97 Å². The molecule has 0 atom stereocenters. The Balaban J connectivity index is 1.62. The van der Waals surface area contributed by atoms with Gasteiger partial charge in [-0.15, -0.1) is 0 Å². The van der Waals surface area contributed by atoms with E-state index in [1.54, 1.807) is 28.6 Å². The van der Waals surface area contributed by atoms with Crippen LogP contribution in [-0.4, -0.2) is 26.1 Å². The van der Waals surface area contributed by atoms with Gasteiger partial charge in [0.1, 0.15) is 12.3 Å². The summed E-state index contributed by atoms with van der Waals surface area (Å²) in [6.45, 7) is 1.53. The zero-order valence-corrected chi connectivity index (χ0v) is 16.8. The fourth-order valence-corrected chi connectivity index (χ4v) is 3.24. The summed E-state index contributed by atoms with van der Waals surface area (Å²) in [7, 11) is 1.71. The molecule has 0 fully saturated rings. The number of Topliss-reactive ketones (excluding diaryl/α,β-unsaturated/α-hetero) is 1. The summed E-state index contributed by atoms with van der Waals surface area (Å²) in [5.74, 6) is -0.586. The van der Waals surface area contributed by atoms with Crippen LogP contribution >= 0.6 is 0 Å². The van der Waals surface area contributed by atoms with Crippen LogP contribution in [0.15, 0.2) is 79.1 Å². The molecule has 4 rings (SSSR count). The molecule has 30 heavy (non-hydrogen) atoms. The molecule has 150 valence electrons. The van der Waals surface area contributed by atoms with Gasteiger partial charge in [-0.05, 0) is 25.1 Å². The Labute approximate surface area is 174 Å². The number of aromatic nitrogens is 3. The largest absolute Gasteiger partial charge is 0.456 e. The number of nitrogens with zero attached hydrogens (tertiary/aromatic N) is 3. The van der Waals surface area contributed by atoms with Gasteiger partial charge in [0.05, 0.1) is 11.4 Å². The lowest BCUT2D eigenvalue weighted by Crippen LogP contribution is -2.09. The second-order valence-corrected chi connectivity index (χ2v) is 7.01. The van der Waals surface area contributed by atoms with Crippen LogP contribution in [0.3, 0.4) is 0 Å². The fraction of sp³-hybridized carbons (Fsp3) is 0.125. The van der Waals surface area contributed by atoms with E-state index in [4.69, 9.17) is 9.84 Å². The van der Waals surface area contributed by atoms with Gasteiger partial charge < -0.3 is 9.30 Å². The fourth-order valence-electron chi connectivity index (χ4n) is 3.24. The summed E-state index contributed by atoms with van der Waals surface area (Å²) in [6, 6.07) is 21.1. The summed E-state index contributed by atoms with van der Waals surface area (Å²) in [6.07, 6.45) is 3.50. The van der Waals surface area contributed by atoms with Gasteiger partial charge >= 0.3 is 5.97 Å². The molecule has 2 aromatic carbocycles. The normalized spacial score (nSPS) is 10.7. The van der Waals surface area contributed by atoms with Gasteiger partial charge in [0, 0.05) is 36.1 Å². The molecule has 0 aliphatic rings. The van der Waals surface area contributed by atoms with E-state index in [-0.39, 0.29) is 12.4 Å². The van der Waals surface area contributed by atoms with E-state index in [0.717, 1.165) is 22.5 Å². The van der Waals surface area contributed by atoms with E-state index in [1.807, 2.05) is 66.9 Å². The highest BCUT2D eigenvalue weighted by atomic mass is 16.5. The molecule has 0 bridgehead atoms. The molecule has 0 aliphatic carbocycles. The maximum Gasteiger partial charge on any atom is 0.355 e. The molecule has 0 spiro atoms. The number of ketones is 1. The molecule has 0 N–H and O–H groups in total. The van der Waals surface area contributed by atoms with Crippen LogP contribution in [0.1, 0.15) is 33.3 Å².